The lowest BCUT2D eigenvalue weighted by atomic mass is 9.98. The Bertz CT molecular complexity index is 320. The lowest BCUT2D eigenvalue weighted by Crippen LogP contribution is -2.49. The van der Waals surface area contributed by atoms with Crippen LogP contribution in [0.25, 0.3) is 0 Å². The average molecular weight is 284 g/mol. The molecule has 1 aliphatic rings. The monoisotopic (exact) mass is 284 g/mol. The van der Waals surface area contributed by atoms with Crippen LogP contribution in [0.4, 0.5) is 4.79 Å². The van der Waals surface area contributed by atoms with Crippen LogP contribution >= 0.6 is 0 Å². The molecule has 1 unspecified atom stereocenters. The van der Waals surface area contributed by atoms with Crippen LogP contribution in [-0.2, 0) is 4.79 Å². The summed E-state index contributed by atoms with van der Waals surface area (Å²) >= 11 is 0. The van der Waals surface area contributed by atoms with Crippen molar-refractivity contribution in [1.29, 1.82) is 0 Å². The van der Waals surface area contributed by atoms with Gasteiger partial charge in [0.2, 0.25) is 0 Å². The van der Waals surface area contributed by atoms with Gasteiger partial charge in [0.1, 0.15) is 0 Å². The summed E-state index contributed by atoms with van der Waals surface area (Å²) in [6.45, 7) is 5.27. The summed E-state index contributed by atoms with van der Waals surface area (Å²) in [7, 11) is 0. The number of unbranched alkanes of at least 4 members (excludes halogenated alkanes) is 1. The van der Waals surface area contributed by atoms with Gasteiger partial charge in [-0.3, -0.25) is 4.79 Å². The molecule has 5 nitrogen and oxygen atoms in total. The summed E-state index contributed by atoms with van der Waals surface area (Å²) in [5.74, 6) is -1.20. The maximum atomic E-state index is 12.2. The summed E-state index contributed by atoms with van der Waals surface area (Å²) in [5.41, 5.74) is 0. The number of carboxylic acids is 1. The number of carboxylic acid groups (broad SMARTS) is 1. The van der Waals surface area contributed by atoms with Gasteiger partial charge in [-0.15, -0.1) is 0 Å². The largest absolute Gasteiger partial charge is 0.481 e. The first-order chi connectivity index (χ1) is 9.58. The molecule has 0 aliphatic carbocycles. The molecule has 0 spiro atoms. The van der Waals surface area contributed by atoms with E-state index in [1.54, 1.807) is 4.90 Å². The third kappa shape index (κ3) is 5.39. The quantitative estimate of drug-likeness (QED) is 0.755. The molecule has 1 saturated heterocycles. The summed E-state index contributed by atoms with van der Waals surface area (Å²) in [4.78, 5) is 24.9. The Morgan fingerprint density at radius 3 is 2.65 bits per heavy atom. The number of piperidine rings is 1. The van der Waals surface area contributed by atoms with Crippen LogP contribution in [0, 0.1) is 5.92 Å². The first-order valence-corrected chi connectivity index (χ1v) is 7.86. The molecule has 0 aromatic carbocycles. The number of nitrogens with one attached hydrogen (secondary N) is 1. The van der Waals surface area contributed by atoms with E-state index in [2.05, 4.69) is 19.2 Å². The van der Waals surface area contributed by atoms with E-state index < -0.39 is 11.9 Å². The second-order valence-corrected chi connectivity index (χ2v) is 5.70. The Labute approximate surface area is 121 Å². The van der Waals surface area contributed by atoms with Gasteiger partial charge in [0, 0.05) is 19.1 Å². The number of aliphatic carboxylic acids is 1. The summed E-state index contributed by atoms with van der Waals surface area (Å²) < 4.78 is 0. The highest BCUT2D eigenvalue weighted by Gasteiger charge is 2.28. The van der Waals surface area contributed by atoms with Crippen LogP contribution in [0.2, 0.25) is 0 Å². The van der Waals surface area contributed by atoms with Crippen molar-refractivity contribution in [1.82, 2.24) is 10.2 Å². The number of rotatable bonds is 7. The van der Waals surface area contributed by atoms with Crippen molar-refractivity contribution in [2.45, 2.75) is 64.8 Å². The van der Waals surface area contributed by atoms with E-state index in [4.69, 9.17) is 5.11 Å². The third-order valence-corrected chi connectivity index (χ3v) is 3.93. The Kier molecular flexibility index (Phi) is 7.41. The van der Waals surface area contributed by atoms with Crippen molar-refractivity contribution in [2.75, 3.05) is 13.1 Å². The zero-order valence-electron chi connectivity index (χ0n) is 12.7. The van der Waals surface area contributed by atoms with E-state index in [-0.39, 0.29) is 12.1 Å². The third-order valence-electron chi connectivity index (χ3n) is 3.93. The minimum atomic E-state index is -0.793. The molecule has 116 valence electrons. The smallest absolute Gasteiger partial charge is 0.317 e. The molecule has 2 atom stereocenters. The molecule has 5 heteroatoms. The van der Waals surface area contributed by atoms with Crippen molar-refractivity contribution in [3.8, 4) is 0 Å². The minimum Gasteiger partial charge on any atom is -0.481 e. The van der Waals surface area contributed by atoms with Gasteiger partial charge >= 0.3 is 12.0 Å². The number of urea groups is 1. The minimum absolute atomic E-state index is 0.0921. The van der Waals surface area contributed by atoms with E-state index >= 15 is 0 Å². The fourth-order valence-corrected chi connectivity index (χ4v) is 2.72. The summed E-state index contributed by atoms with van der Waals surface area (Å²) in [6.07, 6.45) is 6.73. The van der Waals surface area contributed by atoms with Crippen LogP contribution in [0.5, 0.6) is 0 Å². The highest BCUT2D eigenvalue weighted by molar-refractivity contribution is 5.76. The maximum absolute atomic E-state index is 12.2. The number of likely N-dealkylation sites (tertiary alicyclic amines) is 1. The predicted molar refractivity (Wildman–Crippen MR) is 78.7 cm³/mol. The predicted octanol–water partition coefficient (Wildman–Crippen LogP) is 2.85. The molecule has 1 fully saturated rings. The molecular weight excluding hydrogens is 256 g/mol. The van der Waals surface area contributed by atoms with E-state index in [0.29, 0.717) is 19.5 Å². The number of carbonyl (C=O) groups excluding carboxylic acids is 1. The maximum Gasteiger partial charge on any atom is 0.317 e. The molecule has 0 saturated carbocycles. The summed E-state index contributed by atoms with van der Waals surface area (Å²) in [6, 6.07) is 0.128. The Morgan fingerprint density at radius 1 is 1.30 bits per heavy atom. The fourth-order valence-electron chi connectivity index (χ4n) is 2.72. The number of hydrogen-bond donors (Lipinski definition) is 2. The van der Waals surface area contributed by atoms with Gasteiger partial charge < -0.3 is 15.3 Å². The molecule has 0 aromatic heterocycles. The standard InChI is InChI=1S/C15H28N2O3/c1-3-5-9-13(7-4-2)16-15(20)17-10-6-8-12(11-17)14(18)19/h12-13H,3-11H2,1-2H3,(H,16,20)(H,18,19)/t12-,13?/m1/s1. The zero-order chi connectivity index (χ0) is 15.0. The number of nitrogens with zero attached hydrogens (tertiary/aromatic N) is 1. The average Bonchev–Trinajstić information content (AvgIpc) is 2.45. The first-order valence-electron chi connectivity index (χ1n) is 7.86. The zero-order valence-corrected chi connectivity index (χ0v) is 12.7. The van der Waals surface area contributed by atoms with Gasteiger partial charge in [-0.25, -0.2) is 4.79 Å². The molecule has 0 aromatic rings. The second-order valence-electron chi connectivity index (χ2n) is 5.70. The molecule has 1 aliphatic heterocycles. The topological polar surface area (TPSA) is 69.6 Å². The molecule has 0 radical (unpaired) electrons. The highest BCUT2D eigenvalue weighted by Crippen LogP contribution is 2.17. The van der Waals surface area contributed by atoms with Crippen molar-refractivity contribution >= 4 is 12.0 Å². The van der Waals surface area contributed by atoms with E-state index in [0.717, 1.165) is 38.5 Å². The van der Waals surface area contributed by atoms with Crippen LogP contribution < -0.4 is 5.32 Å². The van der Waals surface area contributed by atoms with E-state index in [1.807, 2.05) is 0 Å². The SMILES string of the molecule is CCCCC(CCC)NC(=O)N1CCC[C@@H](C(=O)O)C1. The Hall–Kier alpha value is -1.26. The molecule has 1 rings (SSSR count). The van der Waals surface area contributed by atoms with Crippen LogP contribution in [0.15, 0.2) is 0 Å². The van der Waals surface area contributed by atoms with Gasteiger partial charge in [-0.05, 0) is 25.7 Å². The van der Waals surface area contributed by atoms with E-state index in [1.165, 1.54) is 0 Å². The van der Waals surface area contributed by atoms with Crippen molar-refractivity contribution in [3.05, 3.63) is 0 Å². The van der Waals surface area contributed by atoms with Gasteiger partial charge in [-0.1, -0.05) is 33.1 Å². The van der Waals surface area contributed by atoms with Crippen molar-refractivity contribution < 1.29 is 14.7 Å². The number of amides is 2. The molecule has 2 N–H and O–H groups in total. The van der Waals surface area contributed by atoms with Crippen LogP contribution in [-0.4, -0.2) is 41.1 Å². The van der Waals surface area contributed by atoms with Gasteiger partial charge in [0.05, 0.1) is 5.92 Å². The van der Waals surface area contributed by atoms with Crippen LogP contribution in [0.3, 0.4) is 0 Å². The van der Waals surface area contributed by atoms with E-state index in [9.17, 15) is 9.59 Å². The molecular formula is C15H28N2O3. The number of hydrogen-bond acceptors (Lipinski definition) is 2. The Balaban J connectivity index is 2.48. The first kappa shape index (κ1) is 16.8. The van der Waals surface area contributed by atoms with Gasteiger partial charge in [-0.2, -0.15) is 0 Å². The lowest BCUT2D eigenvalue weighted by molar-refractivity contribution is -0.143. The lowest BCUT2D eigenvalue weighted by Gasteiger charge is -2.32. The molecule has 20 heavy (non-hydrogen) atoms. The fraction of sp³-hybridized carbons (Fsp3) is 0.867. The highest BCUT2D eigenvalue weighted by atomic mass is 16.4. The van der Waals surface area contributed by atoms with Crippen LogP contribution in [0.1, 0.15) is 58.8 Å². The Morgan fingerprint density at radius 2 is 2.05 bits per heavy atom. The normalized spacial score (nSPS) is 20.5. The van der Waals surface area contributed by atoms with Gasteiger partial charge in [0.15, 0.2) is 0 Å². The molecule has 2 amide bonds. The van der Waals surface area contributed by atoms with Crippen molar-refractivity contribution in [2.24, 2.45) is 5.92 Å². The number of carbonyl (C=O) groups is 2. The van der Waals surface area contributed by atoms with Crippen molar-refractivity contribution in [3.63, 3.8) is 0 Å². The van der Waals surface area contributed by atoms with Gasteiger partial charge in [0.25, 0.3) is 0 Å². The summed E-state index contributed by atoms with van der Waals surface area (Å²) in [5, 5.41) is 12.1. The second kappa shape index (κ2) is 8.82. The molecule has 0 bridgehead atoms. The molecule has 1 heterocycles.